The molecule has 32 heavy (non-hydrogen) atoms. The third-order valence-corrected chi connectivity index (χ3v) is 5.86. The Balaban J connectivity index is 1.71. The SMILES string of the molecule is COc1c(OC2CCN(C(=O)OC(C)C)CC2)ccnc1Nc1ccc(C#N)cc1CI. The van der Waals surface area contributed by atoms with Crippen LogP contribution in [-0.4, -0.2) is 48.4 Å². The van der Waals surface area contributed by atoms with Crippen LogP contribution < -0.4 is 14.8 Å². The minimum atomic E-state index is -0.278. The molecule has 9 heteroatoms. The van der Waals surface area contributed by atoms with Crippen molar-refractivity contribution < 1.29 is 19.0 Å². The van der Waals surface area contributed by atoms with Crippen molar-refractivity contribution >= 4 is 40.2 Å². The van der Waals surface area contributed by atoms with Gasteiger partial charge in [0.1, 0.15) is 6.10 Å². The second kappa shape index (κ2) is 11.2. The minimum absolute atomic E-state index is 0.0398. The molecule has 0 aliphatic carbocycles. The number of nitrogens with zero attached hydrogens (tertiary/aromatic N) is 3. The molecule has 0 radical (unpaired) electrons. The summed E-state index contributed by atoms with van der Waals surface area (Å²) in [7, 11) is 1.58. The van der Waals surface area contributed by atoms with Gasteiger partial charge in [-0.2, -0.15) is 5.26 Å². The molecule has 1 amide bonds. The zero-order chi connectivity index (χ0) is 23.1. The van der Waals surface area contributed by atoms with Crippen LogP contribution in [0.1, 0.15) is 37.8 Å². The number of amides is 1. The highest BCUT2D eigenvalue weighted by atomic mass is 127. The second-order valence-corrected chi connectivity index (χ2v) is 8.43. The van der Waals surface area contributed by atoms with E-state index in [1.165, 1.54) is 0 Å². The van der Waals surface area contributed by atoms with Crippen molar-refractivity contribution in [2.45, 2.75) is 43.3 Å². The molecule has 1 saturated heterocycles. The molecule has 0 atom stereocenters. The lowest BCUT2D eigenvalue weighted by atomic mass is 10.1. The predicted octanol–water partition coefficient (Wildman–Crippen LogP) is 5.03. The summed E-state index contributed by atoms with van der Waals surface area (Å²) in [6, 6.07) is 9.44. The molecule has 1 aromatic heterocycles. The zero-order valence-corrected chi connectivity index (χ0v) is 20.6. The number of benzene rings is 1. The fourth-order valence-electron chi connectivity index (χ4n) is 3.44. The van der Waals surface area contributed by atoms with Gasteiger partial charge in [0.2, 0.25) is 5.75 Å². The molecule has 2 aromatic rings. The smallest absolute Gasteiger partial charge is 0.410 e. The van der Waals surface area contributed by atoms with Crippen molar-refractivity contribution in [2.75, 3.05) is 25.5 Å². The number of nitriles is 1. The van der Waals surface area contributed by atoms with Gasteiger partial charge in [-0.1, -0.05) is 22.6 Å². The van der Waals surface area contributed by atoms with E-state index in [0.29, 0.717) is 48.8 Å². The maximum Gasteiger partial charge on any atom is 0.410 e. The van der Waals surface area contributed by atoms with Gasteiger partial charge in [-0.3, -0.25) is 0 Å². The number of carbonyl (C=O) groups is 1. The topological polar surface area (TPSA) is 96.7 Å². The fourth-order valence-corrected chi connectivity index (χ4v) is 4.08. The number of ether oxygens (including phenoxy) is 3. The van der Waals surface area contributed by atoms with Crippen LogP contribution in [0.2, 0.25) is 0 Å². The second-order valence-electron chi connectivity index (χ2n) is 7.67. The molecule has 1 aliphatic heterocycles. The van der Waals surface area contributed by atoms with Gasteiger partial charge in [0, 0.05) is 48.3 Å². The van der Waals surface area contributed by atoms with Gasteiger partial charge in [-0.25, -0.2) is 9.78 Å². The standard InChI is InChI=1S/C23H27IN4O4/c1-15(2)31-23(29)28-10-7-18(8-11-28)32-20-6-9-26-22(21(20)30-3)27-19-5-4-16(14-25)12-17(19)13-24/h4-6,9,12,15,18H,7-8,10-11,13H2,1-3H3,(H,26,27). The lowest BCUT2D eigenvalue weighted by molar-refractivity contribution is 0.0511. The van der Waals surface area contributed by atoms with Crippen molar-refractivity contribution in [2.24, 2.45) is 0 Å². The van der Waals surface area contributed by atoms with E-state index in [-0.39, 0.29) is 18.3 Å². The number of anilines is 2. The Kier molecular flexibility index (Phi) is 8.39. The number of aromatic nitrogens is 1. The highest BCUT2D eigenvalue weighted by Gasteiger charge is 2.26. The average molecular weight is 550 g/mol. The maximum atomic E-state index is 12.1. The van der Waals surface area contributed by atoms with E-state index in [1.54, 1.807) is 30.3 Å². The Hall–Kier alpha value is -2.74. The molecule has 170 valence electrons. The molecular weight excluding hydrogens is 523 g/mol. The first kappa shape index (κ1) is 23.9. The van der Waals surface area contributed by atoms with Crippen LogP contribution in [0.25, 0.3) is 0 Å². The van der Waals surface area contributed by atoms with Gasteiger partial charge >= 0.3 is 6.09 Å². The summed E-state index contributed by atoms with van der Waals surface area (Å²) in [5, 5.41) is 12.5. The van der Waals surface area contributed by atoms with Crippen LogP contribution >= 0.6 is 22.6 Å². The third-order valence-electron chi connectivity index (χ3n) is 5.03. The molecule has 2 heterocycles. The molecule has 8 nitrogen and oxygen atoms in total. The summed E-state index contributed by atoms with van der Waals surface area (Å²) >= 11 is 2.27. The Morgan fingerprint density at radius 3 is 2.72 bits per heavy atom. The van der Waals surface area contributed by atoms with E-state index < -0.39 is 0 Å². The number of carbonyl (C=O) groups excluding carboxylic acids is 1. The molecule has 0 spiro atoms. The minimum Gasteiger partial charge on any atom is -0.490 e. The van der Waals surface area contributed by atoms with Crippen LogP contribution in [0.5, 0.6) is 11.5 Å². The summed E-state index contributed by atoms with van der Waals surface area (Å²) in [4.78, 5) is 18.2. The molecule has 3 rings (SSSR count). The van der Waals surface area contributed by atoms with Crippen molar-refractivity contribution in [3.8, 4) is 17.6 Å². The monoisotopic (exact) mass is 550 g/mol. The fraction of sp³-hybridized carbons (Fsp3) is 0.435. The van der Waals surface area contributed by atoms with Crippen molar-refractivity contribution in [3.05, 3.63) is 41.6 Å². The molecule has 1 aliphatic rings. The number of halogens is 1. The molecule has 0 saturated carbocycles. The molecule has 0 unspecified atom stereocenters. The van der Waals surface area contributed by atoms with Crippen LogP contribution in [0.15, 0.2) is 30.5 Å². The van der Waals surface area contributed by atoms with E-state index in [1.807, 2.05) is 26.0 Å². The van der Waals surface area contributed by atoms with Gasteiger partial charge in [0.25, 0.3) is 0 Å². The van der Waals surface area contributed by atoms with E-state index in [4.69, 9.17) is 19.5 Å². The Morgan fingerprint density at radius 1 is 1.34 bits per heavy atom. The van der Waals surface area contributed by atoms with Crippen LogP contribution in [0.3, 0.4) is 0 Å². The van der Waals surface area contributed by atoms with Crippen LogP contribution in [-0.2, 0) is 9.16 Å². The van der Waals surface area contributed by atoms with Crippen molar-refractivity contribution in [1.82, 2.24) is 9.88 Å². The van der Waals surface area contributed by atoms with Gasteiger partial charge in [-0.05, 0) is 37.6 Å². The number of rotatable bonds is 7. The lowest BCUT2D eigenvalue weighted by Gasteiger charge is -2.32. The number of hydrogen-bond acceptors (Lipinski definition) is 7. The first-order chi connectivity index (χ1) is 15.4. The van der Waals surface area contributed by atoms with Gasteiger partial charge in [0.05, 0.1) is 24.8 Å². The number of pyridine rings is 1. The van der Waals surface area contributed by atoms with Crippen molar-refractivity contribution in [3.63, 3.8) is 0 Å². The van der Waals surface area contributed by atoms with Gasteiger partial charge in [-0.15, -0.1) is 0 Å². The number of alkyl halides is 1. The first-order valence-corrected chi connectivity index (χ1v) is 12.0. The van der Waals surface area contributed by atoms with E-state index in [9.17, 15) is 4.79 Å². The summed E-state index contributed by atoms with van der Waals surface area (Å²) in [6.45, 7) is 4.85. The Morgan fingerprint density at radius 2 is 2.09 bits per heavy atom. The number of hydrogen-bond donors (Lipinski definition) is 1. The molecule has 1 aromatic carbocycles. The third kappa shape index (κ3) is 5.94. The Bertz CT molecular complexity index is 984. The summed E-state index contributed by atoms with van der Waals surface area (Å²) in [5.41, 5.74) is 2.47. The normalized spacial score (nSPS) is 14.1. The number of nitrogens with one attached hydrogen (secondary N) is 1. The maximum absolute atomic E-state index is 12.1. The number of likely N-dealkylation sites (tertiary alicyclic amines) is 1. The number of methoxy groups -OCH3 is 1. The van der Waals surface area contributed by atoms with E-state index in [2.05, 4.69) is 39.0 Å². The first-order valence-electron chi connectivity index (χ1n) is 10.5. The molecule has 1 fully saturated rings. The van der Waals surface area contributed by atoms with Gasteiger partial charge < -0.3 is 24.4 Å². The van der Waals surface area contributed by atoms with E-state index >= 15 is 0 Å². The predicted molar refractivity (Wildman–Crippen MR) is 130 cm³/mol. The highest BCUT2D eigenvalue weighted by molar-refractivity contribution is 14.1. The molecular formula is C23H27IN4O4. The number of piperidine rings is 1. The Labute approximate surface area is 202 Å². The highest BCUT2D eigenvalue weighted by Crippen LogP contribution is 2.37. The summed E-state index contributed by atoms with van der Waals surface area (Å²) in [6.07, 6.45) is 2.63. The summed E-state index contributed by atoms with van der Waals surface area (Å²) in [5.74, 6) is 1.65. The lowest BCUT2D eigenvalue weighted by Crippen LogP contribution is -2.42. The quantitative estimate of drug-likeness (QED) is 0.382. The van der Waals surface area contributed by atoms with Crippen LogP contribution in [0.4, 0.5) is 16.3 Å². The molecule has 1 N–H and O–H groups in total. The zero-order valence-electron chi connectivity index (χ0n) is 18.4. The largest absolute Gasteiger partial charge is 0.490 e. The van der Waals surface area contributed by atoms with Gasteiger partial charge in [0.15, 0.2) is 11.6 Å². The average Bonchev–Trinajstić information content (AvgIpc) is 2.79. The molecule has 0 bridgehead atoms. The summed E-state index contributed by atoms with van der Waals surface area (Å²) < 4.78 is 17.9. The van der Waals surface area contributed by atoms with E-state index in [0.717, 1.165) is 15.7 Å². The van der Waals surface area contributed by atoms with Crippen LogP contribution in [0, 0.1) is 11.3 Å². The van der Waals surface area contributed by atoms with Crippen molar-refractivity contribution in [1.29, 1.82) is 5.26 Å².